The van der Waals surface area contributed by atoms with Gasteiger partial charge in [-0.1, -0.05) is 6.92 Å². The van der Waals surface area contributed by atoms with Gasteiger partial charge in [0.15, 0.2) is 0 Å². The number of hydrogen-bond acceptors (Lipinski definition) is 3. The molecule has 120 valence electrons. The van der Waals surface area contributed by atoms with Crippen LogP contribution < -0.4 is 0 Å². The van der Waals surface area contributed by atoms with Gasteiger partial charge in [0.1, 0.15) is 0 Å². The van der Waals surface area contributed by atoms with E-state index in [1.165, 1.54) is 12.8 Å². The molecule has 0 bridgehead atoms. The van der Waals surface area contributed by atoms with Crippen molar-refractivity contribution in [2.45, 2.75) is 45.4 Å². The highest BCUT2D eigenvalue weighted by atomic mass is 16.4. The summed E-state index contributed by atoms with van der Waals surface area (Å²) in [6, 6.07) is 0. The molecule has 1 N–H and O–H groups in total. The number of carbonyl (C=O) groups is 2. The van der Waals surface area contributed by atoms with Crippen molar-refractivity contribution in [1.29, 1.82) is 0 Å². The third-order valence-electron chi connectivity index (χ3n) is 4.95. The summed E-state index contributed by atoms with van der Waals surface area (Å²) in [7, 11) is 0. The summed E-state index contributed by atoms with van der Waals surface area (Å²) < 4.78 is 0. The van der Waals surface area contributed by atoms with E-state index in [9.17, 15) is 9.59 Å². The van der Waals surface area contributed by atoms with E-state index in [1.54, 1.807) is 0 Å². The maximum atomic E-state index is 12.3. The minimum atomic E-state index is -0.736. The molecule has 0 aromatic rings. The first-order chi connectivity index (χ1) is 10.1. The first-order valence-electron chi connectivity index (χ1n) is 8.28. The average Bonchev–Trinajstić information content (AvgIpc) is 2.97. The zero-order chi connectivity index (χ0) is 15.2. The highest BCUT2D eigenvalue weighted by Gasteiger charge is 2.28. The Hall–Kier alpha value is -1.10. The lowest BCUT2D eigenvalue weighted by Crippen LogP contribution is -2.43. The molecule has 2 heterocycles. The fraction of sp³-hybridized carbons (Fsp3) is 0.875. The fourth-order valence-corrected chi connectivity index (χ4v) is 3.56. The van der Waals surface area contributed by atoms with Gasteiger partial charge in [0.05, 0.1) is 0 Å². The van der Waals surface area contributed by atoms with Crippen LogP contribution in [0.5, 0.6) is 0 Å². The van der Waals surface area contributed by atoms with Crippen molar-refractivity contribution in [3.63, 3.8) is 0 Å². The Morgan fingerprint density at radius 1 is 1.19 bits per heavy atom. The molecule has 2 aliphatic rings. The smallest absolute Gasteiger partial charge is 0.303 e. The molecule has 1 amide bonds. The van der Waals surface area contributed by atoms with Crippen LogP contribution >= 0.6 is 0 Å². The maximum Gasteiger partial charge on any atom is 0.303 e. The third kappa shape index (κ3) is 4.99. The number of carboxylic acids is 1. The van der Waals surface area contributed by atoms with Gasteiger partial charge in [0.2, 0.25) is 5.91 Å². The van der Waals surface area contributed by atoms with E-state index in [-0.39, 0.29) is 18.2 Å². The van der Waals surface area contributed by atoms with E-state index in [4.69, 9.17) is 5.11 Å². The molecule has 0 spiro atoms. The Morgan fingerprint density at radius 3 is 2.57 bits per heavy atom. The molecule has 0 aromatic heterocycles. The van der Waals surface area contributed by atoms with Gasteiger partial charge in [0.25, 0.3) is 0 Å². The Morgan fingerprint density at radius 2 is 1.90 bits per heavy atom. The summed E-state index contributed by atoms with van der Waals surface area (Å²) in [5.41, 5.74) is 0. The van der Waals surface area contributed by atoms with Crippen molar-refractivity contribution >= 4 is 11.9 Å². The number of carboxylic acid groups (broad SMARTS) is 1. The quantitative estimate of drug-likeness (QED) is 0.812. The zero-order valence-corrected chi connectivity index (χ0v) is 13.1. The van der Waals surface area contributed by atoms with Gasteiger partial charge in [-0.15, -0.1) is 0 Å². The third-order valence-corrected chi connectivity index (χ3v) is 4.95. The molecular weight excluding hydrogens is 268 g/mol. The molecular formula is C16H28N2O3. The predicted molar refractivity (Wildman–Crippen MR) is 81.0 cm³/mol. The second-order valence-corrected chi connectivity index (χ2v) is 6.62. The van der Waals surface area contributed by atoms with E-state index in [0.29, 0.717) is 12.3 Å². The number of rotatable bonds is 6. The largest absolute Gasteiger partial charge is 0.481 e. The molecule has 0 aliphatic carbocycles. The van der Waals surface area contributed by atoms with Gasteiger partial charge in [-0.3, -0.25) is 9.59 Å². The summed E-state index contributed by atoms with van der Waals surface area (Å²) >= 11 is 0. The van der Waals surface area contributed by atoms with Crippen molar-refractivity contribution in [1.82, 2.24) is 9.80 Å². The van der Waals surface area contributed by atoms with Crippen molar-refractivity contribution in [3.8, 4) is 0 Å². The van der Waals surface area contributed by atoms with Crippen molar-refractivity contribution in [3.05, 3.63) is 0 Å². The van der Waals surface area contributed by atoms with Crippen molar-refractivity contribution in [2.75, 3.05) is 32.7 Å². The van der Waals surface area contributed by atoms with Crippen LogP contribution in [0.15, 0.2) is 0 Å². The normalized spacial score (nSPS) is 25.0. The van der Waals surface area contributed by atoms with Gasteiger partial charge >= 0.3 is 5.97 Å². The number of piperidine rings is 1. The number of carbonyl (C=O) groups excluding carboxylic acids is 1. The highest BCUT2D eigenvalue weighted by molar-refractivity contribution is 5.76. The second-order valence-electron chi connectivity index (χ2n) is 6.62. The Balaban J connectivity index is 1.76. The number of nitrogens with zero attached hydrogens (tertiary/aromatic N) is 2. The molecule has 2 atom stereocenters. The monoisotopic (exact) mass is 296 g/mol. The van der Waals surface area contributed by atoms with Crippen LogP contribution in [-0.2, 0) is 9.59 Å². The van der Waals surface area contributed by atoms with Crippen molar-refractivity contribution in [2.24, 2.45) is 11.8 Å². The van der Waals surface area contributed by atoms with Crippen LogP contribution in [0.4, 0.5) is 0 Å². The summed E-state index contributed by atoms with van der Waals surface area (Å²) in [6.45, 7) is 6.72. The SMILES string of the molecule is CC(CC(=O)O)C1CCCN(C(=O)CCN2CCCC2)C1. The molecule has 2 aliphatic heterocycles. The molecule has 2 fully saturated rings. The van der Waals surface area contributed by atoms with Crippen molar-refractivity contribution < 1.29 is 14.7 Å². The predicted octanol–water partition coefficient (Wildman–Crippen LogP) is 1.82. The highest BCUT2D eigenvalue weighted by Crippen LogP contribution is 2.26. The summed E-state index contributed by atoms with van der Waals surface area (Å²) in [4.78, 5) is 27.5. The zero-order valence-electron chi connectivity index (χ0n) is 13.1. The lowest BCUT2D eigenvalue weighted by molar-refractivity contribution is -0.138. The summed E-state index contributed by atoms with van der Waals surface area (Å²) in [5, 5.41) is 8.91. The van der Waals surface area contributed by atoms with Crippen LogP contribution in [0.2, 0.25) is 0 Å². The van der Waals surface area contributed by atoms with Gasteiger partial charge in [-0.2, -0.15) is 0 Å². The van der Waals surface area contributed by atoms with E-state index >= 15 is 0 Å². The number of aliphatic carboxylic acids is 1. The topological polar surface area (TPSA) is 60.9 Å². The number of likely N-dealkylation sites (tertiary alicyclic amines) is 2. The Labute approximate surface area is 127 Å². The summed E-state index contributed by atoms with van der Waals surface area (Å²) in [5.74, 6) is -0.00335. The van der Waals surface area contributed by atoms with E-state index in [1.807, 2.05) is 11.8 Å². The lowest BCUT2D eigenvalue weighted by atomic mass is 9.84. The number of hydrogen-bond donors (Lipinski definition) is 1. The standard InChI is InChI=1S/C16H28N2O3/c1-13(11-16(20)21)14-5-4-9-18(12-14)15(19)6-10-17-7-2-3-8-17/h13-14H,2-12H2,1H3,(H,20,21). The van der Waals surface area contributed by atoms with E-state index < -0.39 is 5.97 Å². The molecule has 0 aromatic carbocycles. The Kier molecular flexibility index (Phi) is 6.03. The molecule has 5 nitrogen and oxygen atoms in total. The van der Waals surface area contributed by atoms with Gasteiger partial charge < -0.3 is 14.9 Å². The molecule has 2 unspecified atom stereocenters. The maximum absolute atomic E-state index is 12.3. The van der Waals surface area contributed by atoms with Gasteiger partial charge in [-0.25, -0.2) is 0 Å². The Bertz CT molecular complexity index is 367. The molecule has 2 saturated heterocycles. The minimum Gasteiger partial charge on any atom is -0.481 e. The fourth-order valence-electron chi connectivity index (χ4n) is 3.56. The van der Waals surface area contributed by atoms with E-state index in [2.05, 4.69) is 4.90 Å². The molecule has 0 saturated carbocycles. The summed E-state index contributed by atoms with van der Waals surface area (Å²) in [6.07, 6.45) is 5.38. The van der Waals surface area contributed by atoms with Crippen LogP contribution in [0, 0.1) is 11.8 Å². The minimum absolute atomic E-state index is 0.150. The first-order valence-corrected chi connectivity index (χ1v) is 8.28. The molecule has 5 heteroatoms. The molecule has 21 heavy (non-hydrogen) atoms. The van der Waals surface area contributed by atoms with E-state index in [0.717, 1.165) is 45.6 Å². The van der Waals surface area contributed by atoms with Crippen LogP contribution in [0.1, 0.15) is 45.4 Å². The van der Waals surface area contributed by atoms with Crippen LogP contribution in [-0.4, -0.2) is 59.5 Å². The van der Waals surface area contributed by atoms with Gasteiger partial charge in [-0.05, 0) is 50.6 Å². The lowest BCUT2D eigenvalue weighted by Gasteiger charge is -2.35. The second kappa shape index (κ2) is 7.78. The van der Waals surface area contributed by atoms with Crippen LogP contribution in [0.3, 0.4) is 0 Å². The molecule has 0 radical (unpaired) electrons. The molecule has 2 rings (SSSR count). The first kappa shape index (κ1) is 16.3. The van der Waals surface area contributed by atoms with Gasteiger partial charge in [0, 0.05) is 32.5 Å². The van der Waals surface area contributed by atoms with Crippen LogP contribution in [0.25, 0.3) is 0 Å². The number of amides is 1. The average molecular weight is 296 g/mol.